The van der Waals surface area contributed by atoms with Crippen LogP contribution in [0.2, 0.25) is 0 Å². The van der Waals surface area contributed by atoms with E-state index in [1.807, 2.05) is 0 Å². The minimum Gasteiger partial charge on any atom is -0.396 e. The Morgan fingerprint density at radius 2 is 2.35 bits per heavy atom. The van der Waals surface area contributed by atoms with E-state index in [-0.39, 0.29) is 6.61 Å². The molecule has 0 unspecified atom stereocenters. The van der Waals surface area contributed by atoms with Crippen LogP contribution >= 0.6 is 0 Å². The van der Waals surface area contributed by atoms with E-state index >= 15 is 0 Å². The second kappa shape index (κ2) is 4.14. The fourth-order valence-electron chi connectivity index (χ4n) is 3.23. The van der Waals surface area contributed by atoms with Gasteiger partial charge in [-0.2, -0.15) is 0 Å². The van der Waals surface area contributed by atoms with Crippen LogP contribution < -0.4 is 11.1 Å². The predicted octanol–water partition coefficient (Wildman–Crippen LogP) is 0.878. The van der Waals surface area contributed by atoms with Crippen LogP contribution in [0.5, 0.6) is 0 Å². The number of aliphatic hydroxyl groups is 1. The summed E-state index contributed by atoms with van der Waals surface area (Å²) in [6.07, 6.45) is 6.52. The van der Waals surface area contributed by atoms with Gasteiger partial charge < -0.3 is 16.2 Å². The number of nitrogen functional groups attached to an aromatic ring is 1. The first-order chi connectivity index (χ1) is 8.29. The van der Waals surface area contributed by atoms with Crippen molar-refractivity contribution in [1.29, 1.82) is 0 Å². The minimum atomic E-state index is 0.269. The van der Waals surface area contributed by atoms with Crippen LogP contribution in [0, 0.1) is 17.8 Å². The zero-order valence-electron chi connectivity index (χ0n) is 9.71. The van der Waals surface area contributed by atoms with Crippen LogP contribution in [0.4, 0.5) is 11.5 Å². The summed E-state index contributed by atoms with van der Waals surface area (Å²) in [4.78, 5) is 8.05. The lowest BCUT2D eigenvalue weighted by Gasteiger charge is -2.24. The van der Waals surface area contributed by atoms with E-state index in [0.717, 1.165) is 24.1 Å². The Balaban J connectivity index is 1.71. The molecule has 17 heavy (non-hydrogen) atoms. The first kappa shape index (κ1) is 10.8. The fraction of sp³-hybridized carbons (Fsp3) is 0.667. The van der Waals surface area contributed by atoms with Gasteiger partial charge in [0.2, 0.25) is 0 Å². The van der Waals surface area contributed by atoms with Gasteiger partial charge in [-0.25, -0.2) is 9.97 Å². The van der Waals surface area contributed by atoms with Gasteiger partial charge in [0.15, 0.2) is 5.82 Å². The molecule has 0 saturated heterocycles. The van der Waals surface area contributed by atoms with Gasteiger partial charge in [-0.05, 0) is 37.0 Å². The van der Waals surface area contributed by atoms with Gasteiger partial charge in [0.25, 0.3) is 0 Å². The molecule has 2 aliphatic rings. The number of nitrogens with two attached hydrogens (primary N) is 1. The highest BCUT2D eigenvalue weighted by atomic mass is 16.3. The molecule has 0 spiro atoms. The second-order valence-electron chi connectivity index (χ2n) is 5.15. The highest BCUT2D eigenvalue weighted by Crippen LogP contribution is 2.56. The standard InChI is InChI=1S/C12H18N4O/c13-10-5-14-6-15-12(10)16-11-4-7-3-9(7)8(11)1-2-17/h5-9,11,17H,1-4,13H2,(H,14,15,16)/t7-,8+,9+,11+/m1/s1. The molecule has 0 amide bonds. The SMILES string of the molecule is Nc1cncnc1N[C@H]1C[C@H]2C[C@@H]2[C@@H]1CCO. The molecule has 2 saturated carbocycles. The number of nitrogens with one attached hydrogen (secondary N) is 1. The van der Waals surface area contributed by atoms with E-state index in [1.165, 1.54) is 19.2 Å². The van der Waals surface area contributed by atoms with E-state index in [0.29, 0.717) is 17.6 Å². The van der Waals surface area contributed by atoms with Gasteiger partial charge in [-0.15, -0.1) is 0 Å². The van der Waals surface area contributed by atoms with Crippen molar-refractivity contribution in [2.75, 3.05) is 17.7 Å². The summed E-state index contributed by atoms with van der Waals surface area (Å²) < 4.78 is 0. The summed E-state index contributed by atoms with van der Waals surface area (Å²) in [6.45, 7) is 0.269. The number of anilines is 2. The largest absolute Gasteiger partial charge is 0.396 e. The third-order valence-electron chi connectivity index (χ3n) is 4.13. The van der Waals surface area contributed by atoms with Crippen molar-refractivity contribution in [3.05, 3.63) is 12.5 Å². The van der Waals surface area contributed by atoms with Gasteiger partial charge in [0.1, 0.15) is 6.33 Å². The maximum Gasteiger partial charge on any atom is 0.152 e. The van der Waals surface area contributed by atoms with Gasteiger partial charge in [-0.3, -0.25) is 0 Å². The summed E-state index contributed by atoms with van der Waals surface area (Å²) in [7, 11) is 0. The van der Waals surface area contributed by atoms with Crippen molar-refractivity contribution >= 4 is 11.5 Å². The molecule has 5 heteroatoms. The van der Waals surface area contributed by atoms with E-state index in [2.05, 4.69) is 15.3 Å². The Labute approximate surface area is 100 Å². The first-order valence-electron chi connectivity index (χ1n) is 6.22. The monoisotopic (exact) mass is 234 g/mol. The van der Waals surface area contributed by atoms with Crippen LogP contribution in [0.3, 0.4) is 0 Å². The molecule has 0 radical (unpaired) electrons. The Kier molecular flexibility index (Phi) is 2.63. The number of hydrogen-bond acceptors (Lipinski definition) is 5. The number of aliphatic hydroxyl groups excluding tert-OH is 1. The molecule has 2 fully saturated rings. The highest BCUT2D eigenvalue weighted by Gasteiger charge is 2.52. The summed E-state index contributed by atoms with van der Waals surface area (Å²) in [6, 6.07) is 0.406. The van der Waals surface area contributed by atoms with Crippen molar-refractivity contribution in [3.8, 4) is 0 Å². The molecule has 0 bridgehead atoms. The Morgan fingerprint density at radius 3 is 3.12 bits per heavy atom. The van der Waals surface area contributed by atoms with Gasteiger partial charge in [0.05, 0.1) is 11.9 Å². The zero-order chi connectivity index (χ0) is 11.8. The molecule has 2 aliphatic carbocycles. The van der Waals surface area contributed by atoms with Crippen molar-refractivity contribution in [1.82, 2.24) is 9.97 Å². The molecule has 0 aromatic carbocycles. The quantitative estimate of drug-likeness (QED) is 0.720. The van der Waals surface area contributed by atoms with Gasteiger partial charge in [-0.1, -0.05) is 0 Å². The third kappa shape index (κ3) is 1.95. The predicted molar refractivity (Wildman–Crippen MR) is 65.3 cm³/mol. The molecule has 92 valence electrons. The third-order valence-corrected chi connectivity index (χ3v) is 4.13. The Hall–Kier alpha value is -1.36. The van der Waals surface area contributed by atoms with E-state index in [1.54, 1.807) is 6.20 Å². The topological polar surface area (TPSA) is 84.1 Å². The van der Waals surface area contributed by atoms with E-state index in [9.17, 15) is 0 Å². The van der Waals surface area contributed by atoms with E-state index < -0.39 is 0 Å². The normalized spacial score (nSPS) is 34.4. The molecule has 3 rings (SSSR count). The lowest BCUT2D eigenvalue weighted by molar-refractivity contribution is 0.243. The van der Waals surface area contributed by atoms with Gasteiger partial charge in [0, 0.05) is 12.6 Å². The Bertz CT molecular complexity index is 411. The number of aromatic nitrogens is 2. The average molecular weight is 234 g/mol. The summed E-state index contributed by atoms with van der Waals surface area (Å²) in [5, 5.41) is 12.5. The summed E-state index contributed by atoms with van der Waals surface area (Å²) >= 11 is 0. The molecular weight excluding hydrogens is 216 g/mol. The van der Waals surface area contributed by atoms with E-state index in [4.69, 9.17) is 10.8 Å². The molecule has 4 N–H and O–H groups in total. The average Bonchev–Trinajstić information content (AvgIpc) is 3.00. The molecule has 1 aromatic rings. The second-order valence-corrected chi connectivity index (χ2v) is 5.15. The highest BCUT2D eigenvalue weighted by molar-refractivity contribution is 5.59. The number of fused-ring (bicyclic) bond motifs is 1. The molecular formula is C12H18N4O. The van der Waals surface area contributed by atoms with Crippen molar-refractivity contribution in [2.24, 2.45) is 17.8 Å². The summed E-state index contributed by atoms with van der Waals surface area (Å²) in [5.74, 6) is 2.96. The lowest BCUT2D eigenvalue weighted by atomic mass is 9.95. The minimum absolute atomic E-state index is 0.269. The number of rotatable bonds is 4. The fourth-order valence-corrected chi connectivity index (χ4v) is 3.23. The molecule has 1 heterocycles. The number of hydrogen-bond donors (Lipinski definition) is 3. The maximum atomic E-state index is 9.12. The van der Waals surface area contributed by atoms with Crippen molar-refractivity contribution < 1.29 is 5.11 Å². The smallest absolute Gasteiger partial charge is 0.152 e. The van der Waals surface area contributed by atoms with Crippen molar-refractivity contribution in [3.63, 3.8) is 0 Å². The number of nitrogens with zero attached hydrogens (tertiary/aromatic N) is 2. The molecule has 1 aromatic heterocycles. The zero-order valence-corrected chi connectivity index (χ0v) is 9.71. The first-order valence-corrected chi connectivity index (χ1v) is 6.22. The summed E-state index contributed by atoms with van der Waals surface area (Å²) in [5.41, 5.74) is 6.42. The molecule has 4 atom stereocenters. The van der Waals surface area contributed by atoms with Crippen LogP contribution in [-0.4, -0.2) is 27.7 Å². The maximum absolute atomic E-state index is 9.12. The lowest BCUT2D eigenvalue weighted by Crippen LogP contribution is -2.28. The van der Waals surface area contributed by atoms with Crippen LogP contribution in [0.25, 0.3) is 0 Å². The van der Waals surface area contributed by atoms with Gasteiger partial charge >= 0.3 is 0 Å². The van der Waals surface area contributed by atoms with Crippen LogP contribution in [-0.2, 0) is 0 Å². The Morgan fingerprint density at radius 1 is 1.47 bits per heavy atom. The van der Waals surface area contributed by atoms with Crippen molar-refractivity contribution in [2.45, 2.75) is 25.3 Å². The van der Waals surface area contributed by atoms with Crippen LogP contribution in [0.1, 0.15) is 19.3 Å². The molecule has 5 nitrogen and oxygen atoms in total. The molecule has 0 aliphatic heterocycles. The van der Waals surface area contributed by atoms with Crippen LogP contribution in [0.15, 0.2) is 12.5 Å².